The van der Waals surface area contributed by atoms with Gasteiger partial charge in [-0.05, 0) is 24.4 Å². The SMILES string of the molecule is C[C@H](NC(=O)CCn1ccc2ccccc21)C(=O)O. The van der Waals surface area contributed by atoms with Gasteiger partial charge in [0.2, 0.25) is 5.91 Å². The van der Waals surface area contributed by atoms with Gasteiger partial charge in [0, 0.05) is 24.7 Å². The molecule has 0 bridgehead atoms. The monoisotopic (exact) mass is 260 g/mol. The molecule has 2 aromatic rings. The second kappa shape index (κ2) is 5.56. The van der Waals surface area contributed by atoms with Crippen LogP contribution in [0.5, 0.6) is 0 Å². The van der Waals surface area contributed by atoms with E-state index in [1.54, 1.807) is 0 Å². The lowest BCUT2D eigenvalue weighted by Crippen LogP contribution is -2.38. The number of nitrogens with one attached hydrogen (secondary N) is 1. The summed E-state index contributed by atoms with van der Waals surface area (Å²) in [6, 6.07) is 9.06. The maximum absolute atomic E-state index is 11.6. The van der Waals surface area contributed by atoms with Crippen molar-refractivity contribution >= 4 is 22.8 Å². The lowest BCUT2D eigenvalue weighted by atomic mass is 10.2. The maximum atomic E-state index is 11.6. The molecule has 0 radical (unpaired) electrons. The highest BCUT2D eigenvalue weighted by Crippen LogP contribution is 2.15. The van der Waals surface area contributed by atoms with Gasteiger partial charge in [-0.2, -0.15) is 0 Å². The molecule has 100 valence electrons. The molecule has 2 rings (SSSR count). The Bertz CT molecular complexity index is 604. The number of hydrogen-bond donors (Lipinski definition) is 2. The highest BCUT2D eigenvalue weighted by molar-refractivity contribution is 5.83. The van der Waals surface area contributed by atoms with Crippen molar-refractivity contribution in [3.05, 3.63) is 36.5 Å². The zero-order valence-electron chi connectivity index (χ0n) is 10.7. The van der Waals surface area contributed by atoms with Crippen molar-refractivity contribution < 1.29 is 14.7 Å². The summed E-state index contributed by atoms with van der Waals surface area (Å²) >= 11 is 0. The first-order chi connectivity index (χ1) is 9.08. The van der Waals surface area contributed by atoms with Gasteiger partial charge in [-0.3, -0.25) is 9.59 Å². The molecule has 2 N–H and O–H groups in total. The smallest absolute Gasteiger partial charge is 0.325 e. The minimum Gasteiger partial charge on any atom is -0.480 e. The number of rotatable bonds is 5. The summed E-state index contributed by atoms with van der Waals surface area (Å²) in [6.07, 6.45) is 2.19. The van der Waals surface area contributed by atoms with Crippen LogP contribution in [-0.2, 0) is 16.1 Å². The van der Waals surface area contributed by atoms with Gasteiger partial charge in [0.25, 0.3) is 0 Å². The van der Waals surface area contributed by atoms with Crippen LogP contribution in [0.1, 0.15) is 13.3 Å². The molecule has 1 heterocycles. The molecule has 1 aromatic carbocycles. The van der Waals surface area contributed by atoms with Crippen molar-refractivity contribution in [2.45, 2.75) is 25.9 Å². The van der Waals surface area contributed by atoms with Gasteiger partial charge in [-0.1, -0.05) is 18.2 Å². The minimum atomic E-state index is -1.03. The molecular weight excluding hydrogens is 244 g/mol. The summed E-state index contributed by atoms with van der Waals surface area (Å²) in [4.78, 5) is 22.2. The fourth-order valence-corrected chi connectivity index (χ4v) is 1.93. The highest BCUT2D eigenvalue weighted by atomic mass is 16.4. The van der Waals surface area contributed by atoms with Gasteiger partial charge in [0.1, 0.15) is 6.04 Å². The van der Waals surface area contributed by atoms with E-state index in [0.29, 0.717) is 6.54 Å². The van der Waals surface area contributed by atoms with E-state index in [0.717, 1.165) is 10.9 Å². The standard InChI is InChI=1S/C14H16N2O3/c1-10(14(18)19)15-13(17)7-9-16-8-6-11-4-2-3-5-12(11)16/h2-6,8,10H,7,9H2,1H3,(H,15,17)(H,18,19)/t10-/m0/s1. The summed E-state index contributed by atoms with van der Waals surface area (Å²) in [5, 5.41) is 12.3. The Labute approximate surface area is 110 Å². The summed E-state index contributed by atoms with van der Waals surface area (Å²) in [6.45, 7) is 1.98. The Morgan fingerprint density at radius 3 is 2.79 bits per heavy atom. The molecule has 0 saturated heterocycles. The van der Waals surface area contributed by atoms with Crippen molar-refractivity contribution in [3.63, 3.8) is 0 Å². The molecule has 0 spiro atoms. The molecular formula is C14H16N2O3. The van der Waals surface area contributed by atoms with E-state index >= 15 is 0 Å². The van der Waals surface area contributed by atoms with Crippen molar-refractivity contribution in [1.29, 1.82) is 0 Å². The molecule has 0 saturated carbocycles. The Hall–Kier alpha value is -2.30. The summed E-state index contributed by atoms with van der Waals surface area (Å²) < 4.78 is 1.99. The molecule has 1 atom stereocenters. The van der Waals surface area contributed by atoms with Crippen LogP contribution < -0.4 is 5.32 Å². The number of carbonyl (C=O) groups excluding carboxylic acids is 1. The molecule has 19 heavy (non-hydrogen) atoms. The fraction of sp³-hybridized carbons (Fsp3) is 0.286. The fourth-order valence-electron chi connectivity index (χ4n) is 1.93. The summed E-state index contributed by atoms with van der Waals surface area (Å²) in [5.41, 5.74) is 1.07. The quantitative estimate of drug-likeness (QED) is 0.858. The average molecular weight is 260 g/mol. The number of aromatic nitrogens is 1. The first-order valence-corrected chi connectivity index (χ1v) is 6.14. The van der Waals surface area contributed by atoms with Crippen LogP contribution in [-0.4, -0.2) is 27.6 Å². The van der Waals surface area contributed by atoms with Crippen LogP contribution in [0.25, 0.3) is 10.9 Å². The van der Waals surface area contributed by atoms with Crippen LogP contribution in [0.15, 0.2) is 36.5 Å². The number of aryl methyl sites for hydroxylation is 1. The van der Waals surface area contributed by atoms with E-state index in [1.165, 1.54) is 6.92 Å². The van der Waals surface area contributed by atoms with Crippen molar-refractivity contribution in [1.82, 2.24) is 9.88 Å². The Balaban J connectivity index is 1.95. The minimum absolute atomic E-state index is 0.257. The normalized spacial score (nSPS) is 12.3. The second-order valence-electron chi connectivity index (χ2n) is 4.45. The Morgan fingerprint density at radius 2 is 2.05 bits per heavy atom. The van der Waals surface area contributed by atoms with E-state index in [2.05, 4.69) is 5.32 Å². The average Bonchev–Trinajstić information content (AvgIpc) is 2.79. The van der Waals surface area contributed by atoms with Gasteiger partial charge < -0.3 is 15.0 Å². The van der Waals surface area contributed by atoms with Crippen LogP contribution in [0, 0.1) is 0 Å². The third kappa shape index (κ3) is 3.13. The van der Waals surface area contributed by atoms with Gasteiger partial charge in [-0.25, -0.2) is 0 Å². The van der Waals surface area contributed by atoms with Crippen LogP contribution in [0.2, 0.25) is 0 Å². The molecule has 0 aliphatic heterocycles. The highest BCUT2D eigenvalue weighted by Gasteiger charge is 2.13. The van der Waals surface area contributed by atoms with Gasteiger partial charge >= 0.3 is 5.97 Å². The topological polar surface area (TPSA) is 71.3 Å². The van der Waals surface area contributed by atoms with Crippen molar-refractivity contribution in [3.8, 4) is 0 Å². The Kier molecular flexibility index (Phi) is 3.85. The maximum Gasteiger partial charge on any atom is 0.325 e. The number of hydrogen-bond acceptors (Lipinski definition) is 2. The third-order valence-corrected chi connectivity index (χ3v) is 3.01. The molecule has 1 aromatic heterocycles. The number of nitrogens with zero attached hydrogens (tertiary/aromatic N) is 1. The molecule has 5 heteroatoms. The zero-order chi connectivity index (χ0) is 13.8. The molecule has 0 aliphatic carbocycles. The molecule has 1 amide bonds. The molecule has 5 nitrogen and oxygen atoms in total. The molecule has 0 aliphatic rings. The number of fused-ring (bicyclic) bond motifs is 1. The van der Waals surface area contributed by atoms with Crippen molar-refractivity contribution in [2.75, 3.05) is 0 Å². The second-order valence-corrected chi connectivity index (χ2v) is 4.45. The van der Waals surface area contributed by atoms with Gasteiger partial charge in [-0.15, -0.1) is 0 Å². The van der Waals surface area contributed by atoms with Crippen molar-refractivity contribution in [2.24, 2.45) is 0 Å². The largest absolute Gasteiger partial charge is 0.480 e. The van der Waals surface area contributed by atoms with E-state index in [9.17, 15) is 9.59 Å². The number of carboxylic acids is 1. The van der Waals surface area contributed by atoms with E-state index < -0.39 is 12.0 Å². The van der Waals surface area contributed by atoms with Crippen LogP contribution >= 0.6 is 0 Å². The number of benzene rings is 1. The summed E-state index contributed by atoms with van der Waals surface area (Å²) in [5.74, 6) is -1.28. The first-order valence-electron chi connectivity index (χ1n) is 6.14. The van der Waals surface area contributed by atoms with Gasteiger partial charge in [0.15, 0.2) is 0 Å². The first kappa shape index (κ1) is 13.1. The Morgan fingerprint density at radius 1 is 1.32 bits per heavy atom. The number of carbonyl (C=O) groups is 2. The number of carboxylic acid groups (broad SMARTS) is 1. The zero-order valence-corrected chi connectivity index (χ0v) is 10.7. The van der Waals surface area contributed by atoms with Crippen LogP contribution in [0.3, 0.4) is 0 Å². The predicted molar refractivity (Wildman–Crippen MR) is 71.8 cm³/mol. The lowest BCUT2D eigenvalue weighted by Gasteiger charge is -2.10. The number of aliphatic carboxylic acids is 1. The number of para-hydroxylation sites is 1. The summed E-state index contributed by atoms with van der Waals surface area (Å²) in [7, 11) is 0. The van der Waals surface area contributed by atoms with Crippen LogP contribution in [0.4, 0.5) is 0 Å². The number of amides is 1. The molecule has 0 unspecified atom stereocenters. The third-order valence-electron chi connectivity index (χ3n) is 3.01. The van der Waals surface area contributed by atoms with E-state index in [-0.39, 0.29) is 12.3 Å². The van der Waals surface area contributed by atoms with E-state index in [4.69, 9.17) is 5.11 Å². The van der Waals surface area contributed by atoms with Gasteiger partial charge in [0.05, 0.1) is 0 Å². The predicted octanol–water partition coefficient (Wildman–Crippen LogP) is 1.62. The van der Waals surface area contributed by atoms with E-state index in [1.807, 2.05) is 41.1 Å². The lowest BCUT2D eigenvalue weighted by molar-refractivity contribution is -0.141. The molecule has 0 fully saturated rings.